The Bertz CT molecular complexity index is 416. The molecule has 112 valence electrons. The average Bonchev–Trinajstić information content (AvgIpc) is 2.38. The third-order valence-electron chi connectivity index (χ3n) is 4.51. The Kier molecular flexibility index (Phi) is 4.74. The number of nitrogens with one attached hydrogen (secondary N) is 1. The van der Waals surface area contributed by atoms with Crippen molar-refractivity contribution in [1.29, 1.82) is 0 Å². The molecule has 20 heavy (non-hydrogen) atoms. The molecule has 1 N–H and O–H groups in total. The van der Waals surface area contributed by atoms with Crippen LogP contribution in [0.1, 0.15) is 46.1 Å². The van der Waals surface area contributed by atoms with Crippen molar-refractivity contribution in [3.05, 3.63) is 29.8 Å². The van der Waals surface area contributed by atoms with Gasteiger partial charge in [0.1, 0.15) is 0 Å². The molecule has 1 aromatic rings. The highest BCUT2D eigenvalue weighted by atomic mass is 15.1. The average molecular weight is 274 g/mol. The van der Waals surface area contributed by atoms with Crippen LogP contribution in [-0.4, -0.2) is 31.1 Å². The Morgan fingerprint density at radius 1 is 1.20 bits per heavy atom. The second-order valence-corrected chi connectivity index (χ2v) is 7.42. The fourth-order valence-corrected chi connectivity index (χ4v) is 3.06. The Morgan fingerprint density at radius 3 is 2.40 bits per heavy atom. The zero-order valence-corrected chi connectivity index (χ0v) is 13.7. The van der Waals surface area contributed by atoms with E-state index in [2.05, 4.69) is 69.2 Å². The summed E-state index contributed by atoms with van der Waals surface area (Å²) in [6.45, 7) is 11.6. The van der Waals surface area contributed by atoms with Gasteiger partial charge in [-0.3, -0.25) is 0 Å². The molecule has 0 bridgehead atoms. The van der Waals surface area contributed by atoms with Gasteiger partial charge in [0.2, 0.25) is 0 Å². The molecule has 2 nitrogen and oxygen atoms in total. The van der Waals surface area contributed by atoms with Crippen LogP contribution in [0.5, 0.6) is 0 Å². The maximum absolute atomic E-state index is 3.68. The number of hydrogen-bond donors (Lipinski definition) is 1. The minimum absolute atomic E-state index is 0.232. The summed E-state index contributed by atoms with van der Waals surface area (Å²) in [7, 11) is 2.23. The van der Waals surface area contributed by atoms with Gasteiger partial charge in [-0.2, -0.15) is 0 Å². The van der Waals surface area contributed by atoms with E-state index in [1.807, 2.05) is 0 Å². The van der Waals surface area contributed by atoms with Gasteiger partial charge >= 0.3 is 0 Å². The maximum Gasteiger partial charge on any atom is 0.0342 e. The zero-order valence-electron chi connectivity index (χ0n) is 13.7. The molecule has 0 aliphatic carbocycles. The smallest absolute Gasteiger partial charge is 0.0342 e. The summed E-state index contributed by atoms with van der Waals surface area (Å²) in [4.78, 5) is 2.45. The molecule has 2 unspecified atom stereocenters. The summed E-state index contributed by atoms with van der Waals surface area (Å²) in [5.41, 5.74) is 2.88. The van der Waals surface area contributed by atoms with Crippen LogP contribution in [-0.2, 0) is 5.41 Å². The van der Waals surface area contributed by atoms with Crippen molar-refractivity contribution in [1.82, 2.24) is 4.90 Å². The highest BCUT2D eigenvalue weighted by Gasteiger charge is 2.22. The van der Waals surface area contributed by atoms with E-state index in [0.29, 0.717) is 6.04 Å². The lowest BCUT2D eigenvalue weighted by molar-refractivity contribution is 0.197. The van der Waals surface area contributed by atoms with E-state index in [1.54, 1.807) is 0 Å². The van der Waals surface area contributed by atoms with Gasteiger partial charge in [-0.15, -0.1) is 0 Å². The standard InChI is InChI=1S/C18H30N2/c1-14(15-7-6-12-20(5)13-15)19-17-10-8-16(9-11-17)18(2,3)4/h8-11,14-15,19H,6-7,12-13H2,1-5H3. The molecular formula is C18H30N2. The van der Waals surface area contributed by atoms with Gasteiger partial charge in [-0.05, 0) is 62.4 Å². The molecule has 1 saturated heterocycles. The molecule has 1 aromatic carbocycles. The lowest BCUT2D eigenvalue weighted by atomic mass is 9.87. The Labute approximate surface area is 124 Å². The molecule has 0 amide bonds. The van der Waals surface area contributed by atoms with Crippen LogP contribution in [0.2, 0.25) is 0 Å². The molecule has 0 aromatic heterocycles. The summed E-state index contributed by atoms with van der Waals surface area (Å²) in [6.07, 6.45) is 2.68. The van der Waals surface area contributed by atoms with Crippen LogP contribution < -0.4 is 5.32 Å². The van der Waals surface area contributed by atoms with Crippen LogP contribution in [0.3, 0.4) is 0 Å². The first kappa shape index (κ1) is 15.4. The van der Waals surface area contributed by atoms with Gasteiger partial charge in [0.05, 0.1) is 0 Å². The van der Waals surface area contributed by atoms with E-state index in [-0.39, 0.29) is 5.41 Å². The molecule has 2 rings (SSSR count). The molecule has 2 heteroatoms. The predicted molar refractivity (Wildman–Crippen MR) is 88.4 cm³/mol. The van der Waals surface area contributed by atoms with E-state index >= 15 is 0 Å². The summed E-state index contributed by atoms with van der Waals surface area (Å²) in [6, 6.07) is 9.50. The van der Waals surface area contributed by atoms with Gasteiger partial charge < -0.3 is 10.2 Å². The first-order valence-corrected chi connectivity index (χ1v) is 7.92. The molecule has 1 aliphatic rings. The second kappa shape index (κ2) is 6.17. The highest BCUT2D eigenvalue weighted by Crippen LogP contribution is 2.25. The monoisotopic (exact) mass is 274 g/mol. The molecule has 0 saturated carbocycles. The number of nitrogens with zero attached hydrogens (tertiary/aromatic N) is 1. The number of likely N-dealkylation sites (tertiary alicyclic amines) is 1. The molecule has 0 spiro atoms. The number of anilines is 1. The maximum atomic E-state index is 3.68. The number of hydrogen-bond acceptors (Lipinski definition) is 2. The number of rotatable bonds is 3. The van der Waals surface area contributed by atoms with Gasteiger partial charge in [0.15, 0.2) is 0 Å². The number of benzene rings is 1. The largest absolute Gasteiger partial charge is 0.382 e. The minimum atomic E-state index is 0.232. The molecule has 2 atom stereocenters. The lowest BCUT2D eigenvalue weighted by Gasteiger charge is -2.34. The van der Waals surface area contributed by atoms with E-state index in [4.69, 9.17) is 0 Å². The Hall–Kier alpha value is -1.02. The van der Waals surface area contributed by atoms with E-state index in [9.17, 15) is 0 Å². The van der Waals surface area contributed by atoms with Crippen molar-refractivity contribution < 1.29 is 0 Å². The second-order valence-electron chi connectivity index (χ2n) is 7.42. The molecule has 1 fully saturated rings. The molecular weight excluding hydrogens is 244 g/mol. The third-order valence-corrected chi connectivity index (χ3v) is 4.51. The van der Waals surface area contributed by atoms with Crippen LogP contribution >= 0.6 is 0 Å². The molecule has 0 radical (unpaired) electrons. The van der Waals surface area contributed by atoms with Crippen molar-refractivity contribution >= 4 is 5.69 Å². The zero-order chi connectivity index (χ0) is 14.8. The van der Waals surface area contributed by atoms with Crippen molar-refractivity contribution in [3.8, 4) is 0 Å². The number of piperidine rings is 1. The fraction of sp³-hybridized carbons (Fsp3) is 0.667. The first-order chi connectivity index (χ1) is 9.36. The van der Waals surface area contributed by atoms with Gasteiger partial charge in [-0.25, -0.2) is 0 Å². The first-order valence-electron chi connectivity index (χ1n) is 7.92. The quantitative estimate of drug-likeness (QED) is 0.891. The molecule has 1 heterocycles. The van der Waals surface area contributed by atoms with Crippen LogP contribution in [0.15, 0.2) is 24.3 Å². The SMILES string of the molecule is CC(Nc1ccc(C(C)(C)C)cc1)C1CCCN(C)C1. The van der Waals surface area contributed by atoms with E-state index in [0.717, 1.165) is 5.92 Å². The van der Waals surface area contributed by atoms with Gasteiger partial charge in [0.25, 0.3) is 0 Å². The fourth-order valence-electron chi connectivity index (χ4n) is 3.06. The summed E-state index contributed by atoms with van der Waals surface area (Å²) in [5, 5.41) is 3.68. The Balaban J connectivity index is 1.95. The van der Waals surface area contributed by atoms with Crippen LogP contribution in [0, 0.1) is 5.92 Å². The topological polar surface area (TPSA) is 15.3 Å². The van der Waals surface area contributed by atoms with Crippen molar-refractivity contribution in [3.63, 3.8) is 0 Å². The highest BCUT2D eigenvalue weighted by molar-refractivity contribution is 5.46. The van der Waals surface area contributed by atoms with Gasteiger partial charge in [0, 0.05) is 18.3 Å². The van der Waals surface area contributed by atoms with Crippen molar-refractivity contribution in [2.45, 2.75) is 52.0 Å². The van der Waals surface area contributed by atoms with Crippen LogP contribution in [0.4, 0.5) is 5.69 Å². The third kappa shape index (κ3) is 3.99. The van der Waals surface area contributed by atoms with Crippen LogP contribution in [0.25, 0.3) is 0 Å². The van der Waals surface area contributed by atoms with Gasteiger partial charge in [-0.1, -0.05) is 32.9 Å². The van der Waals surface area contributed by atoms with Crippen molar-refractivity contribution in [2.75, 3.05) is 25.5 Å². The van der Waals surface area contributed by atoms with E-state index < -0.39 is 0 Å². The van der Waals surface area contributed by atoms with Crippen molar-refractivity contribution in [2.24, 2.45) is 5.92 Å². The van der Waals surface area contributed by atoms with E-state index in [1.165, 1.54) is 37.2 Å². The predicted octanol–water partition coefficient (Wildman–Crippen LogP) is 4.13. The Morgan fingerprint density at radius 2 is 1.85 bits per heavy atom. The summed E-state index contributed by atoms with van der Waals surface area (Å²) >= 11 is 0. The summed E-state index contributed by atoms with van der Waals surface area (Å²) in [5.74, 6) is 0.760. The minimum Gasteiger partial charge on any atom is -0.382 e. The lowest BCUT2D eigenvalue weighted by Crippen LogP contribution is -2.39. The molecule has 1 aliphatic heterocycles. The normalized spacial score (nSPS) is 22.6. The summed E-state index contributed by atoms with van der Waals surface area (Å²) < 4.78 is 0.